The van der Waals surface area contributed by atoms with Crippen LogP contribution in [-0.2, 0) is 4.79 Å². The number of piperazine rings is 1. The van der Waals surface area contributed by atoms with Crippen LogP contribution >= 0.6 is 11.8 Å². The molecule has 0 atom stereocenters. The third kappa shape index (κ3) is 3.96. The summed E-state index contributed by atoms with van der Waals surface area (Å²) in [6, 6.07) is 9.05. The van der Waals surface area contributed by atoms with E-state index in [0.29, 0.717) is 42.7 Å². The van der Waals surface area contributed by atoms with Gasteiger partial charge in [-0.3, -0.25) is 9.59 Å². The summed E-state index contributed by atoms with van der Waals surface area (Å²) in [5, 5.41) is 0.614. The number of rotatable bonds is 3. The lowest BCUT2D eigenvalue weighted by atomic mass is 10.1. The molecule has 0 aliphatic carbocycles. The van der Waals surface area contributed by atoms with Gasteiger partial charge in [0.15, 0.2) is 5.16 Å². The number of carbonyl (C=O) groups is 2. The van der Waals surface area contributed by atoms with Crippen LogP contribution in [0.4, 0.5) is 5.82 Å². The second-order valence-electron chi connectivity index (χ2n) is 6.04. The molecule has 136 valence electrons. The van der Waals surface area contributed by atoms with Gasteiger partial charge in [0.25, 0.3) is 5.91 Å². The quantitative estimate of drug-likeness (QED) is 0.653. The number of benzene rings is 1. The molecule has 1 aromatic carbocycles. The van der Waals surface area contributed by atoms with Gasteiger partial charge < -0.3 is 15.5 Å². The van der Waals surface area contributed by atoms with Crippen LogP contribution in [0.1, 0.15) is 17.3 Å². The molecular weight excluding hydrogens is 350 g/mol. The standard InChI is InChI=1S/C18H21N5O2S/c1-12(24)22-7-9-23(10-8-22)17(25)14-5-3-13(4-6-14)15-11-16(19)21-18(20-15)26-2/h3-6,11H,7-10H2,1-2H3,(H2,19,20,21). The molecule has 0 radical (unpaired) electrons. The first kappa shape index (κ1) is 18.2. The second kappa shape index (κ2) is 7.74. The Bertz CT molecular complexity index is 817. The maximum Gasteiger partial charge on any atom is 0.253 e. The van der Waals surface area contributed by atoms with Gasteiger partial charge in [-0.1, -0.05) is 23.9 Å². The molecule has 0 unspecified atom stereocenters. The zero-order valence-corrected chi connectivity index (χ0v) is 15.6. The fourth-order valence-corrected chi connectivity index (χ4v) is 3.26. The van der Waals surface area contributed by atoms with Crippen LogP contribution in [0.15, 0.2) is 35.5 Å². The van der Waals surface area contributed by atoms with Gasteiger partial charge >= 0.3 is 0 Å². The zero-order chi connectivity index (χ0) is 18.7. The molecule has 1 fully saturated rings. The molecule has 3 rings (SSSR count). The number of hydrogen-bond donors (Lipinski definition) is 1. The van der Waals surface area contributed by atoms with E-state index >= 15 is 0 Å². The first-order valence-electron chi connectivity index (χ1n) is 8.31. The number of nitrogens with two attached hydrogens (primary N) is 1. The summed E-state index contributed by atoms with van der Waals surface area (Å²) in [5.41, 5.74) is 8.06. The van der Waals surface area contributed by atoms with Gasteiger partial charge in [0.2, 0.25) is 5.91 Å². The van der Waals surface area contributed by atoms with Crippen molar-refractivity contribution >= 4 is 29.4 Å². The van der Waals surface area contributed by atoms with Crippen LogP contribution in [0.2, 0.25) is 0 Å². The highest BCUT2D eigenvalue weighted by atomic mass is 32.2. The van der Waals surface area contributed by atoms with Crippen molar-refractivity contribution in [2.75, 3.05) is 38.2 Å². The number of aromatic nitrogens is 2. The lowest BCUT2D eigenvalue weighted by molar-refractivity contribution is -0.130. The fourth-order valence-electron chi connectivity index (χ4n) is 2.87. The van der Waals surface area contributed by atoms with Gasteiger partial charge in [0.1, 0.15) is 5.82 Å². The molecule has 1 aliphatic rings. The number of hydrogen-bond acceptors (Lipinski definition) is 6. The van der Waals surface area contributed by atoms with E-state index in [2.05, 4.69) is 9.97 Å². The summed E-state index contributed by atoms with van der Waals surface area (Å²) < 4.78 is 0. The van der Waals surface area contributed by atoms with Gasteiger partial charge in [-0.05, 0) is 18.4 Å². The molecule has 0 saturated carbocycles. The molecule has 2 N–H and O–H groups in total. The third-order valence-corrected chi connectivity index (χ3v) is 4.90. The second-order valence-corrected chi connectivity index (χ2v) is 6.81. The number of amides is 2. The Morgan fingerprint density at radius 3 is 2.23 bits per heavy atom. The molecule has 2 aromatic rings. The lowest BCUT2D eigenvalue weighted by Gasteiger charge is -2.34. The van der Waals surface area contributed by atoms with Crippen molar-refractivity contribution in [3.8, 4) is 11.3 Å². The zero-order valence-electron chi connectivity index (χ0n) is 14.8. The monoisotopic (exact) mass is 371 g/mol. The van der Waals surface area contributed by atoms with E-state index in [1.165, 1.54) is 11.8 Å². The Balaban J connectivity index is 1.73. The number of nitrogens with zero attached hydrogens (tertiary/aromatic N) is 4. The van der Waals surface area contributed by atoms with E-state index < -0.39 is 0 Å². The van der Waals surface area contributed by atoms with Gasteiger partial charge in [0, 0.05) is 50.3 Å². The van der Waals surface area contributed by atoms with Crippen LogP contribution in [-0.4, -0.2) is 64.0 Å². The molecule has 2 heterocycles. The predicted octanol–water partition coefficient (Wildman–Crippen LogP) is 1.75. The van der Waals surface area contributed by atoms with E-state index in [1.807, 2.05) is 18.4 Å². The summed E-state index contributed by atoms with van der Waals surface area (Å²) in [6.45, 7) is 3.83. The van der Waals surface area contributed by atoms with E-state index in [-0.39, 0.29) is 11.8 Å². The van der Waals surface area contributed by atoms with Crippen LogP contribution in [0.5, 0.6) is 0 Å². The van der Waals surface area contributed by atoms with E-state index in [1.54, 1.807) is 34.9 Å². The average Bonchev–Trinajstić information content (AvgIpc) is 2.67. The Morgan fingerprint density at radius 2 is 1.65 bits per heavy atom. The number of nitrogen functional groups attached to an aromatic ring is 1. The van der Waals surface area contributed by atoms with Crippen LogP contribution in [0.3, 0.4) is 0 Å². The van der Waals surface area contributed by atoms with Crippen LogP contribution < -0.4 is 5.73 Å². The van der Waals surface area contributed by atoms with Gasteiger partial charge in [-0.2, -0.15) is 0 Å². The molecule has 1 aromatic heterocycles. The SMILES string of the molecule is CSc1nc(N)cc(-c2ccc(C(=O)N3CCN(C(C)=O)CC3)cc2)n1. The Hall–Kier alpha value is -2.61. The minimum absolute atomic E-state index is 0.0215. The lowest BCUT2D eigenvalue weighted by Crippen LogP contribution is -2.50. The molecule has 8 heteroatoms. The smallest absolute Gasteiger partial charge is 0.253 e. The van der Waals surface area contributed by atoms with Crippen LogP contribution in [0.25, 0.3) is 11.3 Å². The highest BCUT2D eigenvalue weighted by molar-refractivity contribution is 7.98. The molecule has 0 bridgehead atoms. The minimum Gasteiger partial charge on any atom is -0.384 e. The van der Waals surface area contributed by atoms with E-state index in [4.69, 9.17) is 5.73 Å². The van der Waals surface area contributed by atoms with E-state index in [0.717, 1.165) is 11.3 Å². The highest BCUT2D eigenvalue weighted by Crippen LogP contribution is 2.22. The Kier molecular flexibility index (Phi) is 5.41. The topological polar surface area (TPSA) is 92.4 Å². The van der Waals surface area contributed by atoms with Crippen molar-refractivity contribution in [2.45, 2.75) is 12.1 Å². The van der Waals surface area contributed by atoms with Crippen molar-refractivity contribution < 1.29 is 9.59 Å². The summed E-state index contributed by atoms with van der Waals surface area (Å²) in [7, 11) is 0. The average molecular weight is 371 g/mol. The predicted molar refractivity (Wildman–Crippen MR) is 102 cm³/mol. The van der Waals surface area contributed by atoms with Crippen molar-refractivity contribution in [3.05, 3.63) is 35.9 Å². The molecule has 0 spiro atoms. The van der Waals surface area contributed by atoms with Crippen molar-refractivity contribution in [3.63, 3.8) is 0 Å². The van der Waals surface area contributed by atoms with Gasteiger partial charge in [0.05, 0.1) is 5.69 Å². The molecule has 1 aliphatic heterocycles. The Morgan fingerprint density at radius 1 is 1.04 bits per heavy atom. The largest absolute Gasteiger partial charge is 0.384 e. The van der Waals surface area contributed by atoms with Crippen molar-refractivity contribution in [1.82, 2.24) is 19.8 Å². The van der Waals surface area contributed by atoms with Crippen LogP contribution in [0, 0.1) is 0 Å². The molecule has 1 saturated heterocycles. The first-order chi connectivity index (χ1) is 12.5. The summed E-state index contributed by atoms with van der Waals surface area (Å²) in [4.78, 5) is 36.2. The molecule has 2 amide bonds. The molecule has 7 nitrogen and oxygen atoms in total. The summed E-state index contributed by atoms with van der Waals surface area (Å²) >= 11 is 1.43. The maximum absolute atomic E-state index is 12.7. The highest BCUT2D eigenvalue weighted by Gasteiger charge is 2.23. The fraction of sp³-hybridized carbons (Fsp3) is 0.333. The van der Waals surface area contributed by atoms with Crippen molar-refractivity contribution in [1.29, 1.82) is 0 Å². The van der Waals surface area contributed by atoms with Crippen molar-refractivity contribution in [2.24, 2.45) is 0 Å². The number of thioether (sulfide) groups is 1. The number of carbonyl (C=O) groups excluding carboxylic acids is 2. The molecule has 26 heavy (non-hydrogen) atoms. The normalized spacial score (nSPS) is 14.4. The minimum atomic E-state index is -0.0215. The first-order valence-corrected chi connectivity index (χ1v) is 9.54. The number of anilines is 1. The van der Waals surface area contributed by atoms with Gasteiger partial charge in [-0.15, -0.1) is 0 Å². The maximum atomic E-state index is 12.7. The Labute approximate surface area is 156 Å². The third-order valence-electron chi connectivity index (χ3n) is 4.35. The molecular formula is C18H21N5O2S. The van der Waals surface area contributed by atoms with E-state index in [9.17, 15) is 9.59 Å². The van der Waals surface area contributed by atoms with Gasteiger partial charge in [-0.25, -0.2) is 9.97 Å². The summed E-state index contributed by atoms with van der Waals surface area (Å²) in [5.74, 6) is 0.449. The summed E-state index contributed by atoms with van der Waals surface area (Å²) in [6.07, 6.45) is 1.90.